The number of ether oxygens (including phenoxy) is 1. The van der Waals surface area contributed by atoms with Crippen LogP contribution in [0.15, 0.2) is 42.2 Å². The average molecular weight is 414 g/mol. The summed E-state index contributed by atoms with van der Waals surface area (Å²) in [4.78, 5) is 15.2. The van der Waals surface area contributed by atoms with Crippen molar-refractivity contribution in [2.75, 3.05) is 13.1 Å². The zero-order valence-corrected chi connectivity index (χ0v) is 17.8. The van der Waals surface area contributed by atoms with Crippen LogP contribution in [0.4, 0.5) is 0 Å². The van der Waals surface area contributed by atoms with E-state index in [1.165, 1.54) is 0 Å². The number of Topliss-reactive ketones (excluding diaryl/α,β-unsaturated/α-hetero) is 1. The molecule has 29 heavy (non-hydrogen) atoms. The van der Waals surface area contributed by atoms with Crippen LogP contribution in [0.2, 0.25) is 5.02 Å². The normalized spacial score (nSPS) is 14.5. The molecule has 3 rings (SSSR count). The smallest absolute Gasteiger partial charge is 0.231 e. The number of hydrogen-bond acceptors (Lipinski definition) is 4. The van der Waals surface area contributed by atoms with E-state index in [0.717, 1.165) is 44.3 Å². The molecular weight excluding hydrogens is 386 g/mol. The molecule has 1 aliphatic heterocycles. The summed E-state index contributed by atoms with van der Waals surface area (Å²) in [5.41, 5.74) is 2.02. The van der Waals surface area contributed by atoms with Crippen molar-refractivity contribution < 1.29 is 14.6 Å². The Hall–Kier alpha value is -2.30. The third kappa shape index (κ3) is 5.20. The van der Waals surface area contributed by atoms with Gasteiger partial charge in [-0.1, -0.05) is 50.4 Å². The fraction of sp³-hybridized carbons (Fsp3) is 0.375. The van der Waals surface area contributed by atoms with Crippen LogP contribution >= 0.6 is 11.6 Å². The van der Waals surface area contributed by atoms with E-state index < -0.39 is 0 Å². The molecule has 1 aliphatic rings. The van der Waals surface area contributed by atoms with E-state index in [4.69, 9.17) is 16.3 Å². The van der Waals surface area contributed by atoms with E-state index in [-0.39, 0.29) is 17.3 Å². The number of fused-ring (bicyclic) bond motifs is 1. The van der Waals surface area contributed by atoms with Gasteiger partial charge in [0.1, 0.15) is 11.5 Å². The van der Waals surface area contributed by atoms with Gasteiger partial charge in [-0.3, -0.25) is 9.69 Å². The number of halogens is 1. The highest BCUT2D eigenvalue weighted by atomic mass is 35.5. The van der Waals surface area contributed by atoms with Crippen molar-refractivity contribution in [1.29, 1.82) is 0 Å². The van der Waals surface area contributed by atoms with Crippen LogP contribution in [-0.4, -0.2) is 28.9 Å². The first-order chi connectivity index (χ1) is 14.0. The van der Waals surface area contributed by atoms with Crippen molar-refractivity contribution in [1.82, 2.24) is 4.90 Å². The summed E-state index contributed by atoms with van der Waals surface area (Å²) in [5, 5.41) is 11.2. The predicted octanol–water partition coefficient (Wildman–Crippen LogP) is 6.06. The number of carbonyl (C=O) groups excluding carboxylic acids is 1. The first kappa shape index (κ1) is 21.4. The quantitative estimate of drug-likeness (QED) is 0.507. The molecule has 0 unspecified atom stereocenters. The molecule has 0 spiro atoms. The second-order valence-electron chi connectivity index (χ2n) is 7.41. The van der Waals surface area contributed by atoms with Gasteiger partial charge in [-0.15, -0.1) is 0 Å². The Kier molecular flexibility index (Phi) is 7.34. The summed E-state index contributed by atoms with van der Waals surface area (Å²) in [7, 11) is 0. The number of hydrogen-bond donors (Lipinski definition) is 1. The molecular formula is C24H28ClNO3. The van der Waals surface area contributed by atoms with E-state index in [0.29, 0.717) is 28.4 Å². The maximum atomic E-state index is 12.8. The average Bonchev–Trinajstić information content (AvgIpc) is 3.03. The van der Waals surface area contributed by atoms with Crippen molar-refractivity contribution >= 4 is 23.5 Å². The predicted molar refractivity (Wildman–Crippen MR) is 118 cm³/mol. The Morgan fingerprint density at radius 1 is 1.03 bits per heavy atom. The maximum absolute atomic E-state index is 12.8. The highest BCUT2D eigenvalue weighted by Gasteiger charge is 2.31. The summed E-state index contributed by atoms with van der Waals surface area (Å²) in [5.74, 6) is 0.753. The van der Waals surface area contributed by atoms with Gasteiger partial charge in [-0.05, 0) is 61.8 Å². The molecule has 0 atom stereocenters. The highest BCUT2D eigenvalue weighted by Crippen LogP contribution is 2.40. The van der Waals surface area contributed by atoms with Gasteiger partial charge in [0.15, 0.2) is 5.76 Å². The number of phenolic OH excluding ortho intramolecular Hbond substituents is 1. The van der Waals surface area contributed by atoms with E-state index in [2.05, 4.69) is 18.7 Å². The van der Waals surface area contributed by atoms with E-state index in [1.54, 1.807) is 30.3 Å². The van der Waals surface area contributed by atoms with Gasteiger partial charge >= 0.3 is 0 Å². The lowest BCUT2D eigenvalue weighted by molar-refractivity contribution is 0.101. The van der Waals surface area contributed by atoms with Crippen LogP contribution < -0.4 is 4.74 Å². The monoisotopic (exact) mass is 413 g/mol. The number of unbranched alkanes of at least 4 members (excludes halogenated alkanes) is 2. The van der Waals surface area contributed by atoms with Crippen molar-refractivity contribution in [2.24, 2.45) is 0 Å². The second kappa shape index (κ2) is 9.95. The van der Waals surface area contributed by atoms with Gasteiger partial charge < -0.3 is 9.84 Å². The molecule has 2 aromatic rings. The van der Waals surface area contributed by atoms with Gasteiger partial charge in [-0.2, -0.15) is 0 Å². The summed E-state index contributed by atoms with van der Waals surface area (Å²) in [6, 6.07) is 10.5. The van der Waals surface area contributed by atoms with Crippen molar-refractivity contribution in [3.05, 3.63) is 63.9 Å². The lowest BCUT2D eigenvalue weighted by Gasteiger charge is -2.23. The number of benzene rings is 2. The van der Waals surface area contributed by atoms with E-state index in [1.807, 2.05) is 12.1 Å². The largest absolute Gasteiger partial charge is 0.507 e. The minimum Gasteiger partial charge on any atom is -0.507 e. The van der Waals surface area contributed by atoms with Crippen LogP contribution in [0, 0.1) is 0 Å². The molecule has 4 nitrogen and oxygen atoms in total. The topological polar surface area (TPSA) is 49.8 Å². The number of phenols is 1. The Bertz CT molecular complexity index is 882. The Morgan fingerprint density at radius 2 is 1.69 bits per heavy atom. The minimum atomic E-state index is -0.162. The summed E-state index contributed by atoms with van der Waals surface area (Å²) in [6.07, 6.45) is 6.14. The summed E-state index contributed by atoms with van der Waals surface area (Å²) < 4.78 is 5.97. The number of aromatic hydroxyl groups is 1. The molecule has 5 heteroatoms. The Morgan fingerprint density at radius 3 is 2.31 bits per heavy atom. The summed E-state index contributed by atoms with van der Waals surface area (Å²) >= 11 is 5.94. The molecule has 0 amide bonds. The van der Waals surface area contributed by atoms with Crippen LogP contribution in [0.1, 0.15) is 61.0 Å². The maximum Gasteiger partial charge on any atom is 0.231 e. The van der Waals surface area contributed by atoms with Gasteiger partial charge in [-0.25, -0.2) is 0 Å². The molecule has 0 aromatic heterocycles. The van der Waals surface area contributed by atoms with Gasteiger partial charge in [0, 0.05) is 11.6 Å². The third-order valence-corrected chi connectivity index (χ3v) is 5.37. The first-order valence-electron chi connectivity index (χ1n) is 10.3. The lowest BCUT2D eigenvalue weighted by atomic mass is 10.0. The number of carbonyl (C=O) groups is 1. The van der Waals surface area contributed by atoms with Gasteiger partial charge in [0.05, 0.1) is 11.1 Å². The van der Waals surface area contributed by atoms with Crippen LogP contribution in [0.3, 0.4) is 0 Å². The van der Waals surface area contributed by atoms with E-state index in [9.17, 15) is 9.90 Å². The van der Waals surface area contributed by atoms with Gasteiger partial charge in [0.25, 0.3) is 0 Å². The van der Waals surface area contributed by atoms with Crippen molar-refractivity contribution in [3.8, 4) is 11.5 Å². The molecule has 0 aliphatic carbocycles. The number of ketones is 1. The zero-order chi connectivity index (χ0) is 20.8. The second-order valence-corrected chi connectivity index (χ2v) is 7.85. The molecule has 0 radical (unpaired) electrons. The molecule has 0 saturated heterocycles. The fourth-order valence-corrected chi connectivity index (χ4v) is 3.54. The molecule has 0 saturated carbocycles. The van der Waals surface area contributed by atoms with Gasteiger partial charge in [0.2, 0.25) is 5.78 Å². The molecule has 154 valence electrons. The molecule has 2 aromatic carbocycles. The lowest BCUT2D eigenvalue weighted by Crippen LogP contribution is -2.25. The highest BCUT2D eigenvalue weighted by molar-refractivity contribution is 6.30. The zero-order valence-electron chi connectivity index (χ0n) is 17.1. The number of rotatable bonds is 9. The fourth-order valence-electron chi connectivity index (χ4n) is 3.42. The third-order valence-electron chi connectivity index (χ3n) is 5.12. The molecule has 0 fully saturated rings. The number of nitrogens with zero attached hydrogens (tertiary/aromatic N) is 1. The summed E-state index contributed by atoms with van der Waals surface area (Å²) in [6.45, 7) is 6.83. The van der Waals surface area contributed by atoms with Crippen LogP contribution in [0.5, 0.6) is 11.5 Å². The Balaban J connectivity index is 1.88. The molecule has 0 bridgehead atoms. The molecule has 1 N–H and O–H groups in total. The number of allylic oxidation sites excluding steroid dienone is 1. The van der Waals surface area contributed by atoms with E-state index >= 15 is 0 Å². The minimum absolute atomic E-state index is 0.162. The van der Waals surface area contributed by atoms with Crippen LogP contribution in [0.25, 0.3) is 6.08 Å². The molecule has 1 heterocycles. The standard InChI is InChI=1S/C24H28ClNO3/c1-3-5-13-26(14-6-4-2)16-20-21(27)12-11-19-23(28)22(29-24(19)20)15-17-7-9-18(25)10-8-17/h7-12,15,27H,3-6,13-14,16H2,1-2H3/b22-15+. The van der Waals surface area contributed by atoms with Crippen molar-refractivity contribution in [2.45, 2.75) is 46.1 Å². The first-order valence-corrected chi connectivity index (χ1v) is 10.7. The van der Waals surface area contributed by atoms with Crippen molar-refractivity contribution in [3.63, 3.8) is 0 Å². The SMILES string of the molecule is CCCCN(CCCC)Cc1c(O)ccc2c1O/C(=C/c1ccc(Cl)cc1)C2=O. The van der Waals surface area contributed by atoms with Crippen LogP contribution in [-0.2, 0) is 6.54 Å². The Labute approximate surface area is 177 Å².